The Morgan fingerprint density at radius 1 is 0.963 bits per heavy atom. The van der Waals surface area contributed by atoms with Gasteiger partial charge in [-0.1, -0.05) is 30.3 Å². The van der Waals surface area contributed by atoms with Crippen molar-refractivity contribution in [3.8, 4) is 17.2 Å². The van der Waals surface area contributed by atoms with E-state index >= 15 is 0 Å². The Morgan fingerprint density at radius 3 is 2.56 bits per heavy atom. The fourth-order valence-corrected chi connectivity index (χ4v) is 3.83. The van der Waals surface area contributed by atoms with Crippen molar-refractivity contribution in [1.29, 1.82) is 0 Å². The maximum atomic E-state index is 12.6. The van der Waals surface area contributed by atoms with Crippen LogP contribution in [0.3, 0.4) is 0 Å². The first-order chi connectivity index (χ1) is 13.2. The molecule has 1 aliphatic rings. The molecule has 2 aromatic heterocycles. The fraction of sp³-hybridized carbons (Fsp3) is 0. The van der Waals surface area contributed by atoms with Gasteiger partial charge in [0.25, 0.3) is 0 Å². The molecule has 4 aromatic rings. The maximum absolute atomic E-state index is 12.6. The number of esters is 1. The van der Waals surface area contributed by atoms with E-state index in [0.717, 1.165) is 5.56 Å². The predicted molar refractivity (Wildman–Crippen MR) is 102 cm³/mol. The average molecular weight is 373 g/mol. The maximum Gasteiger partial charge on any atom is 0.347 e. The number of Topliss-reactive ketones (excluding diaryl/α,β-unsaturated/α-hetero) is 1. The summed E-state index contributed by atoms with van der Waals surface area (Å²) in [6.45, 7) is 0. The molecule has 0 unspecified atom stereocenters. The van der Waals surface area contributed by atoms with Crippen LogP contribution in [0.1, 0.15) is 15.2 Å². The van der Waals surface area contributed by atoms with Gasteiger partial charge in [0.05, 0.1) is 5.56 Å². The molecule has 1 aliphatic heterocycles. The van der Waals surface area contributed by atoms with Crippen molar-refractivity contribution in [3.63, 3.8) is 0 Å². The zero-order chi connectivity index (χ0) is 18.4. The van der Waals surface area contributed by atoms with E-state index in [1.54, 1.807) is 30.3 Å². The number of carbonyl (C=O) groups excluding carboxylic acids is 2. The van der Waals surface area contributed by atoms with Crippen LogP contribution in [0, 0.1) is 0 Å². The summed E-state index contributed by atoms with van der Waals surface area (Å²) >= 11 is 1.35. The first-order valence-corrected chi connectivity index (χ1v) is 9.04. The molecule has 3 heterocycles. The minimum absolute atomic E-state index is 0.000820. The SMILES string of the molecule is O=C1Oc2ccccc2C(=O)/C1=C/c1cc2oc(-c3ccccc3)nc2s1. The van der Waals surface area contributed by atoms with E-state index in [9.17, 15) is 9.59 Å². The zero-order valence-electron chi connectivity index (χ0n) is 13.8. The average Bonchev–Trinajstić information content (AvgIpc) is 3.24. The van der Waals surface area contributed by atoms with Gasteiger partial charge in [0, 0.05) is 16.5 Å². The lowest BCUT2D eigenvalue weighted by atomic mass is 9.99. The van der Waals surface area contributed by atoms with Gasteiger partial charge in [-0.3, -0.25) is 4.79 Å². The summed E-state index contributed by atoms with van der Waals surface area (Å²) in [5.41, 5.74) is 1.89. The topological polar surface area (TPSA) is 69.4 Å². The number of ether oxygens (including phenoxy) is 1. The Balaban J connectivity index is 1.52. The smallest absolute Gasteiger partial charge is 0.347 e. The fourth-order valence-electron chi connectivity index (χ4n) is 2.93. The number of fused-ring (bicyclic) bond motifs is 2. The minimum atomic E-state index is -0.651. The lowest BCUT2D eigenvalue weighted by Crippen LogP contribution is -2.24. The van der Waals surface area contributed by atoms with Crippen LogP contribution in [0.25, 0.3) is 27.9 Å². The number of ketones is 1. The van der Waals surface area contributed by atoms with Gasteiger partial charge in [-0.15, -0.1) is 11.3 Å². The monoisotopic (exact) mass is 373 g/mol. The highest BCUT2D eigenvalue weighted by molar-refractivity contribution is 7.19. The van der Waals surface area contributed by atoms with Crippen molar-refractivity contribution in [2.75, 3.05) is 0 Å². The number of hydrogen-bond donors (Lipinski definition) is 0. The molecular formula is C21H11NO4S. The van der Waals surface area contributed by atoms with Crippen LogP contribution in [-0.2, 0) is 4.79 Å². The Morgan fingerprint density at radius 2 is 1.74 bits per heavy atom. The third kappa shape index (κ3) is 2.67. The molecule has 0 radical (unpaired) electrons. The van der Waals surface area contributed by atoms with Crippen LogP contribution in [0.2, 0.25) is 0 Å². The van der Waals surface area contributed by atoms with Gasteiger partial charge >= 0.3 is 5.97 Å². The van der Waals surface area contributed by atoms with Crippen LogP contribution >= 0.6 is 11.3 Å². The van der Waals surface area contributed by atoms with Gasteiger partial charge in [0.2, 0.25) is 11.7 Å². The van der Waals surface area contributed by atoms with E-state index in [0.29, 0.717) is 32.5 Å². The molecule has 6 heteroatoms. The quantitative estimate of drug-likeness (QED) is 0.220. The second-order valence-electron chi connectivity index (χ2n) is 5.98. The summed E-state index contributed by atoms with van der Waals surface area (Å²) in [4.78, 5) is 30.7. The third-order valence-electron chi connectivity index (χ3n) is 4.21. The van der Waals surface area contributed by atoms with Crippen molar-refractivity contribution in [2.24, 2.45) is 0 Å². The number of nitrogens with zero attached hydrogens (tertiary/aromatic N) is 1. The van der Waals surface area contributed by atoms with Gasteiger partial charge in [-0.2, -0.15) is 4.98 Å². The first-order valence-electron chi connectivity index (χ1n) is 8.22. The highest BCUT2D eigenvalue weighted by Crippen LogP contribution is 2.33. The molecule has 0 atom stereocenters. The summed E-state index contributed by atoms with van der Waals surface area (Å²) in [6, 6.07) is 18.1. The summed E-state index contributed by atoms with van der Waals surface area (Å²) in [6.07, 6.45) is 1.53. The summed E-state index contributed by atoms with van der Waals surface area (Å²) in [5, 5.41) is 0. The van der Waals surface area contributed by atoms with Crippen LogP contribution in [0.15, 0.2) is 70.7 Å². The van der Waals surface area contributed by atoms with Gasteiger partial charge in [-0.25, -0.2) is 4.79 Å². The number of carbonyl (C=O) groups is 2. The molecule has 0 N–H and O–H groups in total. The van der Waals surface area contributed by atoms with Crippen molar-refractivity contribution in [1.82, 2.24) is 4.98 Å². The van der Waals surface area contributed by atoms with E-state index in [1.807, 2.05) is 30.3 Å². The molecule has 0 bridgehead atoms. The number of benzene rings is 2. The normalized spacial score (nSPS) is 15.2. The lowest BCUT2D eigenvalue weighted by molar-refractivity contribution is -0.130. The zero-order valence-corrected chi connectivity index (χ0v) is 14.7. The Hall–Kier alpha value is -3.51. The second-order valence-corrected chi connectivity index (χ2v) is 7.04. The molecule has 2 aromatic carbocycles. The van der Waals surface area contributed by atoms with Crippen LogP contribution in [-0.4, -0.2) is 16.7 Å². The van der Waals surface area contributed by atoms with Gasteiger partial charge in [0.15, 0.2) is 10.4 Å². The summed E-state index contributed by atoms with van der Waals surface area (Å²) in [5.74, 6) is -0.164. The molecule has 27 heavy (non-hydrogen) atoms. The molecule has 0 saturated heterocycles. The number of thiophene rings is 1. The van der Waals surface area contributed by atoms with Gasteiger partial charge in [0.1, 0.15) is 11.3 Å². The number of rotatable bonds is 2. The Bertz CT molecular complexity index is 1200. The first kappa shape index (κ1) is 15.7. The molecule has 0 fully saturated rings. The van der Waals surface area contributed by atoms with Crippen molar-refractivity contribution in [3.05, 3.63) is 76.7 Å². The predicted octanol–water partition coefficient (Wildman–Crippen LogP) is 4.74. The molecule has 5 rings (SSSR count). The van der Waals surface area contributed by atoms with E-state index in [-0.39, 0.29) is 11.4 Å². The van der Waals surface area contributed by atoms with E-state index in [2.05, 4.69) is 4.98 Å². The molecule has 130 valence electrons. The van der Waals surface area contributed by atoms with Crippen LogP contribution in [0.4, 0.5) is 0 Å². The van der Waals surface area contributed by atoms with Gasteiger partial charge < -0.3 is 9.15 Å². The highest BCUT2D eigenvalue weighted by atomic mass is 32.1. The Labute approximate surface area is 157 Å². The number of aromatic nitrogens is 1. The highest BCUT2D eigenvalue weighted by Gasteiger charge is 2.30. The number of oxazole rings is 1. The Kier molecular flexibility index (Phi) is 3.51. The summed E-state index contributed by atoms with van der Waals surface area (Å²) < 4.78 is 11.1. The molecule has 0 spiro atoms. The third-order valence-corrected chi connectivity index (χ3v) is 5.17. The van der Waals surface area contributed by atoms with Crippen LogP contribution < -0.4 is 4.74 Å². The van der Waals surface area contributed by atoms with Gasteiger partial charge in [-0.05, 0) is 30.3 Å². The van der Waals surface area contributed by atoms with E-state index < -0.39 is 5.97 Å². The van der Waals surface area contributed by atoms with E-state index in [1.165, 1.54) is 17.4 Å². The van der Waals surface area contributed by atoms with Crippen LogP contribution in [0.5, 0.6) is 5.75 Å². The molecule has 5 nitrogen and oxygen atoms in total. The standard InChI is InChI=1S/C21H11NO4S/c23-18-14-8-4-5-9-16(14)26-21(24)15(18)10-13-11-17-20(27-13)22-19(25-17)12-6-2-1-3-7-12/h1-11H/b15-10-. The van der Waals surface area contributed by atoms with E-state index in [4.69, 9.17) is 9.15 Å². The molecule has 0 saturated carbocycles. The number of para-hydroxylation sites is 1. The molecule has 0 aliphatic carbocycles. The summed E-state index contributed by atoms with van der Waals surface area (Å²) in [7, 11) is 0. The second kappa shape index (κ2) is 6.03. The number of hydrogen-bond acceptors (Lipinski definition) is 6. The largest absolute Gasteiger partial charge is 0.435 e. The molecular weight excluding hydrogens is 362 g/mol. The van der Waals surface area contributed by atoms with Crippen molar-refractivity contribution in [2.45, 2.75) is 0 Å². The van der Waals surface area contributed by atoms with Crippen molar-refractivity contribution >= 4 is 39.6 Å². The molecule has 0 amide bonds. The van der Waals surface area contributed by atoms with Crippen molar-refractivity contribution < 1.29 is 18.7 Å². The minimum Gasteiger partial charge on any atom is -0.435 e. The lowest BCUT2D eigenvalue weighted by Gasteiger charge is -2.16.